The molecule has 0 heterocycles. The molecular formula is C17H17ClO. The summed E-state index contributed by atoms with van der Waals surface area (Å²) in [4.78, 5) is 0. The molecule has 0 unspecified atom stereocenters. The van der Waals surface area contributed by atoms with Crippen LogP contribution in [0.1, 0.15) is 16.7 Å². The summed E-state index contributed by atoms with van der Waals surface area (Å²) in [6, 6.07) is 12.1. The second-order valence-electron chi connectivity index (χ2n) is 4.84. The van der Waals surface area contributed by atoms with E-state index in [0.717, 1.165) is 16.1 Å². The van der Waals surface area contributed by atoms with Crippen molar-refractivity contribution in [3.63, 3.8) is 0 Å². The minimum atomic E-state index is 0.189. The van der Waals surface area contributed by atoms with Crippen molar-refractivity contribution < 1.29 is 5.11 Å². The highest BCUT2D eigenvalue weighted by Gasteiger charge is 2.07. The van der Waals surface area contributed by atoms with Gasteiger partial charge in [-0.1, -0.05) is 42.4 Å². The number of hydrogen-bond acceptors (Lipinski definition) is 1. The standard InChI is InChI=1S/C17H17ClO/c1-11-8-12(2)17(10-15(11)9-13(3)19)14-4-6-16(18)7-5-14/h4-8,10,19H,3,9H2,1-2H3. The molecule has 0 saturated heterocycles. The number of hydrogen-bond donors (Lipinski definition) is 1. The molecule has 1 nitrogen and oxygen atoms in total. The molecule has 2 aromatic rings. The van der Waals surface area contributed by atoms with Crippen molar-refractivity contribution in [1.29, 1.82) is 0 Å². The van der Waals surface area contributed by atoms with Crippen LogP contribution in [0.3, 0.4) is 0 Å². The first kappa shape index (κ1) is 13.7. The third kappa shape index (κ3) is 3.18. The molecule has 2 aromatic carbocycles. The van der Waals surface area contributed by atoms with Gasteiger partial charge in [-0.3, -0.25) is 0 Å². The normalized spacial score (nSPS) is 10.5. The van der Waals surface area contributed by atoms with Gasteiger partial charge in [0.2, 0.25) is 0 Å². The number of aliphatic hydroxyl groups is 1. The zero-order chi connectivity index (χ0) is 14.0. The Morgan fingerprint density at radius 1 is 1.11 bits per heavy atom. The van der Waals surface area contributed by atoms with Crippen LogP contribution < -0.4 is 0 Å². The van der Waals surface area contributed by atoms with Gasteiger partial charge in [0.25, 0.3) is 0 Å². The first-order chi connectivity index (χ1) is 8.97. The van der Waals surface area contributed by atoms with Crippen molar-refractivity contribution in [3.05, 3.63) is 70.4 Å². The zero-order valence-electron chi connectivity index (χ0n) is 11.2. The molecule has 19 heavy (non-hydrogen) atoms. The largest absolute Gasteiger partial charge is 0.513 e. The maximum atomic E-state index is 9.39. The molecule has 0 bridgehead atoms. The van der Waals surface area contributed by atoms with Gasteiger partial charge in [-0.05, 0) is 53.8 Å². The maximum Gasteiger partial charge on any atom is 0.0894 e. The predicted molar refractivity (Wildman–Crippen MR) is 81.8 cm³/mol. The molecule has 0 saturated carbocycles. The van der Waals surface area contributed by atoms with E-state index < -0.39 is 0 Å². The second-order valence-corrected chi connectivity index (χ2v) is 5.28. The van der Waals surface area contributed by atoms with Gasteiger partial charge in [0.1, 0.15) is 0 Å². The fourth-order valence-corrected chi connectivity index (χ4v) is 2.37. The van der Waals surface area contributed by atoms with Crippen LogP contribution >= 0.6 is 11.6 Å². The molecular weight excluding hydrogens is 256 g/mol. The van der Waals surface area contributed by atoms with Crippen molar-refractivity contribution in [1.82, 2.24) is 0 Å². The Kier molecular flexibility index (Phi) is 3.96. The minimum Gasteiger partial charge on any atom is -0.513 e. The summed E-state index contributed by atoms with van der Waals surface area (Å²) in [5.41, 5.74) is 5.78. The molecule has 0 aliphatic heterocycles. The number of aliphatic hydroxyl groups excluding tert-OH is 1. The molecule has 1 N–H and O–H groups in total. The van der Waals surface area contributed by atoms with Crippen LogP contribution in [-0.2, 0) is 6.42 Å². The number of halogens is 1. The third-order valence-electron chi connectivity index (χ3n) is 3.23. The first-order valence-electron chi connectivity index (χ1n) is 6.20. The molecule has 0 aliphatic carbocycles. The van der Waals surface area contributed by atoms with Gasteiger partial charge in [0.15, 0.2) is 0 Å². The van der Waals surface area contributed by atoms with Crippen molar-refractivity contribution in [2.75, 3.05) is 0 Å². The molecule has 2 rings (SSSR count). The van der Waals surface area contributed by atoms with Crippen molar-refractivity contribution in [3.8, 4) is 11.1 Å². The summed E-state index contributed by atoms with van der Waals surface area (Å²) in [5.74, 6) is 0.189. The lowest BCUT2D eigenvalue weighted by atomic mass is 9.93. The van der Waals surface area contributed by atoms with E-state index in [-0.39, 0.29) is 5.76 Å². The fraction of sp³-hybridized carbons (Fsp3) is 0.176. The van der Waals surface area contributed by atoms with Gasteiger partial charge in [-0.2, -0.15) is 0 Å². The summed E-state index contributed by atoms with van der Waals surface area (Å²) < 4.78 is 0. The average molecular weight is 273 g/mol. The smallest absolute Gasteiger partial charge is 0.0894 e. The van der Waals surface area contributed by atoms with Crippen LogP contribution in [0.15, 0.2) is 48.7 Å². The quantitative estimate of drug-likeness (QED) is 0.758. The fourth-order valence-electron chi connectivity index (χ4n) is 2.25. The second kappa shape index (κ2) is 5.50. The SMILES string of the molecule is C=C(O)Cc1cc(-c2ccc(Cl)cc2)c(C)cc1C. The summed E-state index contributed by atoms with van der Waals surface area (Å²) in [6.07, 6.45) is 0.493. The Balaban J connectivity index is 2.50. The third-order valence-corrected chi connectivity index (χ3v) is 3.48. The van der Waals surface area contributed by atoms with Crippen molar-refractivity contribution in [2.45, 2.75) is 20.3 Å². The Morgan fingerprint density at radius 2 is 1.74 bits per heavy atom. The van der Waals surface area contributed by atoms with E-state index in [9.17, 15) is 5.11 Å². The molecule has 0 fully saturated rings. The molecule has 0 radical (unpaired) electrons. The molecule has 0 aromatic heterocycles. The molecule has 0 amide bonds. The van der Waals surface area contributed by atoms with Crippen LogP contribution in [0.5, 0.6) is 0 Å². The molecule has 98 valence electrons. The van der Waals surface area contributed by atoms with E-state index in [2.05, 4.69) is 32.6 Å². The summed E-state index contributed by atoms with van der Waals surface area (Å²) >= 11 is 5.92. The van der Waals surface area contributed by atoms with Crippen LogP contribution in [0.2, 0.25) is 5.02 Å². The lowest BCUT2D eigenvalue weighted by Gasteiger charge is -2.12. The Labute approximate surface area is 119 Å². The number of rotatable bonds is 3. The van der Waals surface area contributed by atoms with Gasteiger partial charge in [0.05, 0.1) is 5.76 Å². The van der Waals surface area contributed by atoms with Crippen LogP contribution in [0.25, 0.3) is 11.1 Å². The van der Waals surface area contributed by atoms with E-state index in [1.54, 1.807) is 0 Å². The van der Waals surface area contributed by atoms with E-state index in [4.69, 9.17) is 11.6 Å². The maximum absolute atomic E-state index is 9.39. The van der Waals surface area contributed by atoms with E-state index in [0.29, 0.717) is 6.42 Å². The average Bonchev–Trinajstić information content (AvgIpc) is 2.33. The number of allylic oxidation sites excluding steroid dienone is 1. The van der Waals surface area contributed by atoms with Crippen LogP contribution in [0, 0.1) is 13.8 Å². The van der Waals surface area contributed by atoms with Gasteiger partial charge in [0, 0.05) is 11.4 Å². The zero-order valence-corrected chi connectivity index (χ0v) is 12.0. The van der Waals surface area contributed by atoms with E-state index in [1.807, 2.05) is 24.3 Å². The topological polar surface area (TPSA) is 20.2 Å². The molecule has 0 aliphatic rings. The molecule has 2 heteroatoms. The van der Waals surface area contributed by atoms with E-state index >= 15 is 0 Å². The van der Waals surface area contributed by atoms with Gasteiger partial charge >= 0.3 is 0 Å². The highest BCUT2D eigenvalue weighted by molar-refractivity contribution is 6.30. The van der Waals surface area contributed by atoms with Gasteiger partial charge < -0.3 is 5.11 Å². The predicted octanol–water partition coefficient (Wildman–Crippen LogP) is 5.24. The summed E-state index contributed by atoms with van der Waals surface area (Å²) in [7, 11) is 0. The highest BCUT2D eigenvalue weighted by atomic mass is 35.5. The lowest BCUT2D eigenvalue weighted by molar-refractivity contribution is 0.401. The molecule has 0 spiro atoms. The summed E-state index contributed by atoms with van der Waals surface area (Å²) in [6.45, 7) is 7.71. The Morgan fingerprint density at radius 3 is 2.32 bits per heavy atom. The van der Waals surface area contributed by atoms with Crippen LogP contribution in [0.4, 0.5) is 0 Å². The van der Waals surface area contributed by atoms with Crippen molar-refractivity contribution in [2.24, 2.45) is 0 Å². The van der Waals surface area contributed by atoms with Crippen LogP contribution in [-0.4, -0.2) is 5.11 Å². The highest BCUT2D eigenvalue weighted by Crippen LogP contribution is 2.28. The van der Waals surface area contributed by atoms with Gasteiger partial charge in [-0.15, -0.1) is 0 Å². The Hall–Kier alpha value is -1.73. The first-order valence-corrected chi connectivity index (χ1v) is 6.58. The monoisotopic (exact) mass is 272 g/mol. The summed E-state index contributed by atoms with van der Waals surface area (Å²) in [5, 5.41) is 10.1. The van der Waals surface area contributed by atoms with E-state index in [1.165, 1.54) is 16.7 Å². The van der Waals surface area contributed by atoms with Gasteiger partial charge in [-0.25, -0.2) is 0 Å². The number of aryl methyl sites for hydroxylation is 2. The molecule has 0 atom stereocenters. The Bertz CT molecular complexity index is 612. The number of benzene rings is 2. The minimum absolute atomic E-state index is 0.189. The lowest BCUT2D eigenvalue weighted by Crippen LogP contribution is -1.95. The van der Waals surface area contributed by atoms with Crippen molar-refractivity contribution >= 4 is 11.6 Å².